The molecule has 6 heavy (non-hydrogen) atoms. The number of hydrogen-bond donors (Lipinski definition) is 0. The van der Waals surface area contributed by atoms with Gasteiger partial charge in [0.25, 0.3) is 0 Å². The van der Waals surface area contributed by atoms with E-state index < -0.39 is 0 Å². The fourth-order valence-corrected chi connectivity index (χ4v) is 0. The molecule has 1 radical (unpaired) electrons. The van der Waals surface area contributed by atoms with Crippen LogP contribution in [-0.2, 0) is 19.5 Å². The standard InChI is InChI=1S/3ClH.2H2O.Ru/h3*1H;2*1H2;/q;;;;;+3/p-3. The summed E-state index contributed by atoms with van der Waals surface area (Å²) in [7, 11) is 0. The van der Waals surface area contributed by atoms with Gasteiger partial charge in [-0.15, -0.1) is 0 Å². The zero-order valence-electron chi connectivity index (χ0n) is 2.49. The molecular formula is H4Cl3O2Ru. The van der Waals surface area contributed by atoms with Crippen molar-refractivity contribution in [3.05, 3.63) is 0 Å². The largest absolute Gasteiger partial charge is 3.00 e. The summed E-state index contributed by atoms with van der Waals surface area (Å²) in [6.45, 7) is 0. The molecule has 0 fully saturated rings. The van der Waals surface area contributed by atoms with Gasteiger partial charge in [-0.3, -0.25) is 0 Å². The summed E-state index contributed by atoms with van der Waals surface area (Å²) in [5, 5.41) is 0. The molecule has 45 valence electrons. The number of rotatable bonds is 0. The first kappa shape index (κ1) is 153. The number of halogens is 3. The Kier molecular flexibility index (Phi) is 2390. The van der Waals surface area contributed by atoms with Crippen LogP contribution in [0, 0.1) is 0 Å². The molecule has 0 aliphatic carbocycles. The van der Waals surface area contributed by atoms with E-state index in [0.29, 0.717) is 0 Å². The smallest absolute Gasteiger partial charge is 1.00 e. The topological polar surface area (TPSA) is 63.0 Å². The maximum atomic E-state index is 0. The van der Waals surface area contributed by atoms with Gasteiger partial charge >= 0.3 is 19.5 Å². The zero-order valence-corrected chi connectivity index (χ0v) is 6.49. The Hall–Kier alpha value is 1.41. The second-order valence-electron chi connectivity index (χ2n) is 0. The minimum atomic E-state index is 0. The molecule has 0 aromatic rings. The van der Waals surface area contributed by atoms with Crippen LogP contribution in [-0.4, -0.2) is 11.0 Å². The molecule has 0 aromatic heterocycles. The predicted octanol–water partition coefficient (Wildman–Crippen LogP) is -10.6. The molecule has 0 aliphatic rings. The second-order valence-corrected chi connectivity index (χ2v) is 0. The first-order valence-corrected chi connectivity index (χ1v) is 0. The molecule has 0 bridgehead atoms. The average molecular weight is 243 g/mol. The Morgan fingerprint density at radius 1 is 0.500 bits per heavy atom. The van der Waals surface area contributed by atoms with Crippen LogP contribution < -0.4 is 37.2 Å². The van der Waals surface area contributed by atoms with Gasteiger partial charge in [0.1, 0.15) is 0 Å². The van der Waals surface area contributed by atoms with E-state index >= 15 is 0 Å². The van der Waals surface area contributed by atoms with Crippen molar-refractivity contribution in [2.45, 2.75) is 0 Å². The van der Waals surface area contributed by atoms with Crippen LogP contribution in [0.5, 0.6) is 0 Å². The van der Waals surface area contributed by atoms with Gasteiger partial charge in [0.2, 0.25) is 0 Å². The molecule has 0 spiro atoms. The fourth-order valence-electron chi connectivity index (χ4n) is 0. The van der Waals surface area contributed by atoms with Gasteiger partial charge in [0.05, 0.1) is 0 Å². The third kappa shape index (κ3) is 52.8. The predicted molar refractivity (Wildman–Crippen MR) is 7.23 cm³/mol. The van der Waals surface area contributed by atoms with E-state index in [0.717, 1.165) is 0 Å². The summed E-state index contributed by atoms with van der Waals surface area (Å²) in [5.74, 6) is 0. The van der Waals surface area contributed by atoms with Gasteiger partial charge in [0.15, 0.2) is 0 Å². The Balaban J connectivity index is 0. The van der Waals surface area contributed by atoms with Gasteiger partial charge < -0.3 is 48.2 Å². The van der Waals surface area contributed by atoms with Crippen LogP contribution in [0.4, 0.5) is 0 Å². The van der Waals surface area contributed by atoms with E-state index in [-0.39, 0.29) is 67.7 Å². The minimum Gasteiger partial charge on any atom is -1.00 e. The molecule has 4 N–H and O–H groups in total. The molecular weight excluding hydrogens is 239 g/mol. The van der Waals surface area contributed by atoms with Crippen LogP contribution in [0.2, 0.25) is 0 Å². The molecule has 0 atom stereocenters. The molecule has 0 rings (SSSR count). The Bertz CT molecular complexity index is 8.75. The van der Waals surface area contributed by atoms with Crippen molar-refractivity contribution in [1.82, 2.24) is 0 Å². The van der Waals surface area contributed by atoms with Gasteiger partial charge in [-0.1, -0.05) is 0 Å². The van der Waals surface area contributed by atoms with Crippen molar-refractivity contribution >= 4 is 0 Å². The molecule has 0 aliphatic heterocycles. The molecule has 0 aromatic carbocycles. The minimum absolute atomic E-state index is 0. The molecule has 0 amide bonds. The van der Waals surface area contributed by atoms with Gasteiger partial charge in [-0.25, -0.2) is 0 Å². The van der Waals surface area contributed by atoms with E-state index in [1.54, 1.807) is 0 Å². The Morgan fingerprint density at radius 3 is 0.500 bits per heavy atom. The van der Waals surface area contributed by atoms with Crippen LogP contribution in [0.1, 0.15) is 0 Å². The van der Waals surface area contributed by atoms with Crippen molar-refractivity contribution in [2.24, 2.45) is 0 Å². The first-order chi connectivity index (χ1) is 0. The van der Waals surface area contributed by atoms with Crippen molar-refractivity contribution in [2.75, 3.05) is 0 Å². The first-order valence-electron chi connectivity index (χ1n) is 0. The molecule has 6 heteroatoms. The molecule has 0 saturated carbocycles. The van der Waals surface area contributed by atoms with E-state index in [1.165, 1.54) is 0 Å². The molecule has 2 nitrogen and oxygen atoms in total. The van der Waals surface area contributed by atoms with Gasteiger partial charge in [0, 0.05) is 0 Å². The maximum Gasteiger partial charge on any atom is 3.00 e. The summed E-state index contributed by atoms with van der Waals surface area (Å²) in [5.41, 5.74) is 0. The monoisotopic (exact) mass is 243 g/mol. The summed E-state index contributed by atoms with van der Waals surface area (Å²) in [6.07, 6.45) is 0. The molecule has 0 unspecified atom stereocenters. The maximum absolute atomic E-state index is 0. The SMILES string of the molecule is O.O.[Cl-].[Cl-].[Cl-].[Ru+3]. The summed E-state index contributed by atoms with van der Waals surface area (Å²) in [6, 6.07) is 0. The van der Waals surface area contributed by atoms with Gasteiger partial charge in [-0.2, -0.15) is 0 Å². The van der Waals surface area contributed by atoms with Crippen molar-refractivity contribution in [1.29, 1.82) is 0 Å². The van der Waals surface area contributed by atoms with Crippen LogP contribution in [0.25, 0.3) is 0 Å². The van der Waals surface area contributed by atoms with Crippen LogP contribution >= 0.6 is 0 Å². The van der Waals surface area contributed by atoms with E-state index in [2.05, 4.69) is 0 Å². The van der Waals surface area contributed by atoms with Crippen LogP contribution in [0.15, 0.2) is 0 Å². The third-order valence-electron chi connectivity index (χ3n) is 0. The van der Waals surface area contributed by atoms with Gasteiger partial charge in [-0.05, 0) is 0 Å². The normalized spacial score (nSPS) is 0. The summed E-state index contributed by atoms with van der Waals surface area (Å²) < 4.78 is 0. The quantitative estimate of drug-likeness (QED) is 0.379. The average Bonchev–Trinajstić information content (AvgIpc) is 0. The van der Waals surface area contributed by atoms with E-state index in [1.807, 2.05) is 0 Å². The summed E-state index contributed by atoms with van der Waals surface area (Å²) in [4.78, 5) is 0. The van der Waals surface area contributed by atoms with E-state index in [4.69, 9.17) is 0 Å². The Labute approximate surface area is 67.7 Å². The molecule has 0 heterocycles. The summed E-state index contributed by atoms with van der Waals surface area (Å²) >= 11 is 0. The second kappa shape index (κ2) is 94.1. The fraction of sp³-hybridized carbons (Fsp3) is 0. The van der Waals surface area contributed by atoms with E-state index in [9.17, 15) is 0 Å². The Morgan fingerprint density at radius 2 is 0.500 bits per heavy atom. The number of hydrogen-bond acceptors (Lipinski definition) is 0. The van der Waals surface area contributed by atoms with Crippen LogP contribution in [0.3, 0.4) is 0 Å². The zero-order chi connectivity index (χ0) is 0. The third-order valence-corrected chi connectivity index (χ3v) is 0. The van der Waals surface area contributed by atoms with Crippen molar-refractivity contribution in [3.8, 4) is 0 Å². The van der Waals surface area contributed by atoms with Crippen molar-refractivity contribution < 1.29 is 67.7 Å². The van der Waals surface area contributed by atoms with Crippen molar-refractivity contribution in [3.63, 3.8) is 0 Å². The molecule has 0 saturated heterocycles.